The number of aromatic nitrogens is 1. The maximum Gasteiger partial charge on any atom is 0.313 e. The molecule has 0 aliphatic heterocycles. The number of methoxy groups -OCH3 is 1. The maximum atomic E-state index is 13.1. The number of furan rings is 1. The number of rotatable bonds is 7. The summed E-state index contributed by atoms with van der Waals surface area (Å²) in [5.41, 5.74) is 1.59. The first-order valence-electron chi connectivity index (χ1n) is 9.11. The summed E-state index contributed by atoms with van der Waals surface area (Å²) in [6.45, 7) is 4.09. The van der Waals surface area contributed by atoms with Crippen molar-refractivity contribution in [3.05, 3.63) is 58.6 Å². The van der Waals surface area contributed by atoms with Crippen molar-refractivity contribution in [2.45, 2.75) is 32.1 Å². The van der Waals surface area contributed by atoms with E-state index in [-0.39, 0.29) is 12.2 Å². The fourth-order valence-corrected chi connectivity index (χ4v) is 4.39. The summed E-state index contributed by atoms with van der Waals surface area (Å²) in [5.74, 6) is -0.410. The first kappa shape index (κ1) is 20.4. The number of halogens is 1. The zero-order valence-electron chi connectivity index (χ0n) is 16.5. The standard InChI is InChI=1S/C22H24BrNO4/c1-22(2,16-13-24(3)18-9-5-8-17(23)21(16)18)15(11-14-7-6-10-28-14)19(25)12-20(26)27-4/h5-10,13,15H,11-12H2,1-4H3. The van der Waals surface area contributed by atoms with Gasteiger partial charge >= 0.3 is 5.97 Å². The quantitative estimate of drug-likeness (QED) is 0.386. The molecule has 148 valence electrons. The number of benzene rings is 1. The van der Waals surface area contributed by atoms with Gasteiger partial charge in [0.05, 0.1) is 13.4 Å². The Hall–Kier alpha value is -2.34. The molecule has 1 atom stereocenters. The number of ether oxygens (including phenoxy) is 1. The minimum atomic E-state index is -0.540. The number of nitrogens with zero attached hydrogens (tertiary/aromatic N) is 1. The van der Waals surface area contributed by atoms with Crippen LogP contribution in [0.4, 0.5) is 0 Å². The molecule has 0 bridgehead atoms. The van der Waals surface area contributed by atoms with Crippen LogP contribution in [0.1, 0.15) is 31.6 Å². The highest BCUT2D eigenvalue weighted by molar-refractivity contribution is 9.10. The second-order valence-corrected chi connectivity index (χ2v) is 8.42. The average Bonchev–Trinajstić information content (AvgIpc) is 3.28. The van der Waals surface area contributed by atoms with Gasteiger partial charge in [0.2, 0.25) is 0 Å². The molecule has 0 aliphatic carbocycles. The van der Waals surface area contributed by atoms with Gasteiger partial charge in [0.1, 0.15) is 18.0 Å². The van der Waals surface area contributed by atoms with E-state index in [1.165, 1.54) is 7.11 Å². The van der Waals surface area contributed by atoms with Crippen LogP contribution in [0.2, 0.25) is 0 Å². The number of esters is 1. The minimum Gasteiger partial charge on any atom is -0.469 e. The number of ketones is 1. The predicted molar refractivity (Wildman–Crippen MR) is 111 cm³/mol. The van der Waals surface area contributed by atoms with Crippen LogP contribution in [0.15, 0.2) is 51.7 Å². The normalized spacial score (nSPS) is 12.9. The van der Waals surface area contributed by atoms with E-state index < -0.39 is 17.3 Å². The Morgan fingerprint density at radius 3 is 2.64 bits per heavy atom. The Kier molecular flexibility index (Phi) is 5.79. The Morgan fingerprint density at radius 2 is 2.00 bits per heavy atom. The zero-order valence-corrected chi connectivity index (χ0v) is 18.1. The molecule has 2 aromatic heterocycles. The van der Waals surface area contributed by atoms with Gasteiger partial charge in [0.15, 0.2) is 0 Å². The number of hydrogen-bond donors (Lipinski definition) is 0. The van der Waals surface area contributed by atoms with Crippen LogP contribution in [-0.4, -0.2) is 23.4 Å². The van der Waals surface area contributed by atoms with Crippen LogP contribution in [0.3, 0.4) is 0 Å². The molecule has 3 aromatic rings. The van der Waals surface area contributed by atoms with Crippen molar-refractivity contribution in [1.29, 1.82) is 0 Å². The molecule has 0 N–H and O–H groups in total. The van der Waals surface area contributed by atoms with Gasteiger partial charge < -0.3 is 13.7 Å². The van der Waals surface area contributed by atoms with Gasteiger partial charge in [-0.2, -0.15) is 0 Å². The molecule has 0 fully saturated rings. The van der Waals surface area contributed by atoms with E-state index in [0.717, 1.165) is 26.7 Å². The minimum absolute atomic E-state index is 0.155. The lowest BCUT2D eigenvalue weighted by Gasteiger charge is -2.33. The Morgan fingerprint density at radius 1 is 1.25 bits per heavy atom. The van der Waals surface area contributed by atoms with E-state index in [1.807, 2.05) is 39.1 Å². The molecule has 0 amide bonds. The molecular formula is C22H24BrNO4. The molecule has 5 nitrogen and oxygen atoms in total. The first-order valence-corrected chi connectivity index (χ1v) is 9.91. The molecule has 1 aromatic carbocycles. The fraction of sp³-hybridized carbons (Fsp3) is 0.364. The SMILES string of the molecule is COC(=O)CC(=O)C(Cc1ccco1)C(C)(C)c1cn(C)c2cccc(Br)c12. The molecule has 0 saturated heterocycles. The van der Waals surface area contributed by atoms with Crippen molar-refractivity contribution in [3.63, 3.8) is 0 Å². The van der Waals surface area contributed by atoms with Gasteiger partial charge in [-0.3, -0.25) is 9.59 Å². The van der Waals surface area contributed by atoms with Crippen LogP contribution in [0, 0.1) is 5.92 Å². The monoisotopic (exact) mass is 445 g/mol. The summed E-state index contributed by atoms with van der Waals surface area (Å²) in [7, 11) is 3.29. The number of aryl methyl sites for hydroxylation is 1. The van der Waals surface area contributed by atoms with E-state index in [2.05, 4.69) is 32.8 Å². The fourth-order valence-electron chi connectivity index (χ4n) is 3.82. The predicted octanol–water partition coefficient (Wildman–Crippen LogP) is 4.80. The number of carbonyl (C=O) groups excluding carboxylic acids is 2. The second-order valence-electron chi connectivity index (χ2n) is 7.56. The van der Waals surface area contributed by atoms with Gasteiger partial charge in [0, 0.05) is 46.4 Å². The molecular weight excluding hydrogens is 422 g/mol. The van der Waals surface area contributed by atoms with Crippen LogP contribution >= 0.6 is 15.9 Å². The molecule has 3 rings (SSSR count). The molecule has 0 radical (unpaired) electrons. The Bertz CT molecular complexity index is 1000. The van der Waals surface area contributed by atoms with Crippen LogP contribution in [0.5, 0.6) is 0 Å². The van der Waals surface area contributed by atoms with E-state index in [4.69, 9.17) is 9.15 Å². The van der Waals surface area contributed by atoms with E-state index in [0.29, 0.717) is 6.42 Å². The van der Waals surface area contributed by atoms with Gasteiger partial charge in [-0.05, 0) is 29.8 Å². The molecule has 0 spiro atoms. The van der Waals surface area contributed by atoms with Gasteiger partial charge in [0.25, 0.3) is 0 Å². The molecule has 1 unspecified atom stereocenters. The van der Waals surface area contributed by atoms with Crippen molar-refractivity contribution < 1.29 is 18.7 Å². The van der Waals surface area contributed by atoms with E-state index in [9.17, 15) is 9.59 Å². The van der Waals surface area contributed by atoms with Gasteiger partial charge in [-0.25, -0.2) is 0 Å². The van der Waals surface area contributed by atoms with Crippen molar-refractivity contribution in [1.82, 2.24) is 4.57 Å². The molecule has 6 heteroatoms. The highest BCUT2D eigenvalue weighted by atomic mass is 79.9. The summed E-state index contributed by atoms with van der Waals surface area (Å²) in [5, 5.41) is 1.07. The second kappa shape index (κ2) is 7.95. The third kappa shape index (κ3) is 3.78. The Balaban J connectivity index is 2.10. The van der Waals surface area contributed by atoms with Crippen LogP contribution in [-0.2, 0) is 33.2 Å². The Labute approximate surface area is 172 Å². The molecule has 0 aliphatic rings. The summed E-state index contributed by atoms with van der Waals surface area (Å²) in [4.78, 5) is 24.9. The highest BCUT2D eigenvalue weighted by Gasteiger charge is 2.40. The topological polar surface area (TPSA) is 61.4 Å². The lowest BCUT2D eigenvalue weighted by molar-refractivity contribution is -0.144. The average molecular weight is 446 g/mol. The van der Waals surface area contributed by atoms with Crippen molar-refractivity contribution in [2.75, 3.05) is 7.11 Å². The lowest BCUT2D eigenvalue weighted by Crippen LogP contribution is -2.37. The van der Waals surface area contributed by atoms with Crippen molar-refractivity contribution in [3.8, 4) is 0 Å². The number of carbonyl (C=O) groups is 2. The van der Waals surface area contributed by atoms with Crippen LogP contribution in [0.25, 0.3) is 10.9 Å². The largest absolute Gasteiger partial charge is 0.469 e. The third-order valence-electron chi connectivity index (χ3n) is 5.45. The lowest BCUT2D eigenvalue weighted by atomic mass is 9.69. The van der Waals surface area contributed by atoms with Crippen molar-refractivity contribution >= 4 is 38.6 Å². The summed E-state index contributed by atoms with van der Waals surface area (Å²) < 4.78 is 13.3. The smallest absolute Gasteiger partial charge is 0.313 e. The summed E-state index contributed by atoms with van der Waals surface area (Å²) >= 11 is 3.66. The molecule has 28 heavy (non-hydrogen) atoms. The summed E-state index contributed by atoms with van der Waals surface area (Å²) in [6.07, 6.45) is 3.82. The van der Waals surface area contributed by atoms with Crippen molar-refractivity contribution in [2.24, 2.45) is 13.0 Å². The van der Waals surface area contributed by atoms with Gasteiger partial charge in [-0.1, -0.05) is 35.8 Å². The van der Waals surface area contributed by atoms with Crippen LogP contribution < -0.4 is 0 Å². The van der Waals surface area contributed by atoms with E-state index in [1.54, 1.807) is 12.3 Å². The third-order valence-corrected chi connectivity index (χ3v) is 6.11. The number of hydrogen-bond acceptors (Lipinski definition) is 4. The first-order chi connectivity index (χ1) is 13.3. The van der Waals surface area contributed by atoms with Gasteiger partial charge in [-0.15, -0.1) is 0 Å². The highest BCUT2D eigenvalue weighted by Crippen LogP contribution is 2.42. The number of Topliss-reactive ketones (excluding diaryl/α,β-unsaturated/α-hetero) is 1. The summed E-state index contributed by atoms with van der Waals surface area (Å²) in [6, 6.07) is 9.70. The maximum absolute atomic E-state index is 13.1. The molecule has 0 saturated carbocycles. The molecule has 2 heterocycles. The van der Waals surface area contributed by atoms with E-state index >= 15 is 0 Å². The number of fused-ring (bicyclic) bond motifs is 1. The zero-order chi connectivity index (χ0) is 20.5.